The van der Waals surface area contributed by atoms with Crippen LogP contribution in [-0.2, 0) is 4.74 Å². The van der Waals surface area contributed by atoms with E-state index in [0.717, 1.165) is 11.6 Å². The molecule has 1 aromatic rings. The fourth-order valence-corrected chi connectivity index (χ4v) is 1.77. The highest BCUT2D eigenvalue weighted by atomic mass is 35.5. The third kappa shape index (κ3) is 3.76. The fraction of sp³-hybridized carbons (Fsp3) is 0.500. The third-order valence-electron chi connectivity index (χ3n) is 2.66. The first kappa shape index (κ1) is 13.5. The first-order chi connectivity index (χ1) is 7.69. The summed E-state index contributed by atoms with van der Waals surface area (Å²) >= 11 is 5.86. The Morgan fingerprint density at radius 2 is 2.00 bits per heavy atom. The monoisotopic (exact) mass is 242 g/mol. The summed E-state index contributed by atoms with van der Waals surface area (Å²) in [5.41, 5.74) is 6.99. The van der Waals surface area contributed by atoms with Gasteiger partial charge in [0.05, 0.1) is 6.61 Å². The van der Waals surface area contributed by atoms with Crippen molar-refractivity contribution >= 4 is 11.6 Å². The minimum Gasteiger partial charge on any atom is -0.383 e. The van der Waals surface area contributed by atoms with E-state index in [1.807, 2.05) is 31.3 Å². The summed E-state index contributed by atoms with van der Waals surface area (Å²) in [5.74, 6) is 0. The predicted molar refractivity (Wildman–Crippen MR) is 67.8 cm³/mol. The lowest BCUT2D eigenvalue weighted by molar-refractivity contribution is 0.140. The van der Waals surface area contributed by atoms with Crippen LogP contribution in [-0.4, -0.2) is 38.8 Å². The Morgan fingerprint density at radius 3 is 2.50 bits per heavy atom. The second kappa shape index (κ2) is 6.86. The van der Waals surface area contributed by atoms with Crippen molar-refractivity contribution in [2.24, 2.45) is 5.73 Å². The first-order valence-electron chi connectivity index (χ1n) is 5.33. The molecule has 0 saturated heterocycles. The maximum absolute atomic E-state index is 5.86. The van der Waals surface area contributed by atoms with Gasteiger partial charge in [-0.05, 0) is 24.7 Å². The molecule has 90 valence electrons. The smallest absolute Gasteiger partial charge is 0.0589 e. The molecule has 0 heterocycles. The standard InChI is InChI=1S/C12H19ClN2O/c1-15(7-8-16-2)12(9-14)10-3-5-11(13)6-4-10/h3-6,12H,7-9,14H2,1-2H3/t12-/m0/s1. The van der Waals surface area contributed by atoms with E-state index < -0.39 is 0 Å². The van der Waals surface area contributed by atoms with Gasteiger partial charge >= 0.3 is 0 Å². The van der Waals surface area contributed by atoms with Gasteiger partial charge in [-0.2, -0.15) is 0 Å². The first-order valence-corrected chi connectivity index (χ1v) is 5.71. The Kier molecular flexibility index (Phi) is 5.77. The van der Waals surface area contributed by atoms with Crippen molar-refractivity contribution < 1.29 is 4.74 Å². The summed E-state index contributed by atoms with van der Waals surface area (Å²) in [6, 6.07) is 8.03. The number of methoxy groups -OCH3 is 1. The lowest BCUT2D eigenvalue weighted by atomic mass is 10.1. The zero-order chi connectivity index (χ0) is 12.0. The summed E-state index contributed by atoms with van der Waals surface area (Å²) in [5, 5.41) is 0.749. The summed E-state index contributed by atoms with van der Waals surface area (Å²) < 4.78 is 5.06. The number of hydrogen-bond donors (Lipinski definition) is 1. The molecular formula is C12H19ClN2O. The summed E-state index contributed by atoms with van der Waals surface area (Å²) in [6.07, 6.45) is 0. The van der Waals surface area contributed by atoms with Gasteiger partial charge in [-0.1, -0.05) is 23.7 Å². The summed E-state index contributed by atoms with van der Waals surface area (Å²) in [6.45, 7) is 2.16. The van der Waals surface area contributed by atoms with Crippen molar-refractivity contribution in [3.05, 3.63) is 34.9 Å². The number of rotatable bonds is 6. The van der Waals surface area contributed by atoms with Gasteiger partial charge in [0.2, 0.25) is 0 Å². The van der Waals surface area contributed by atoms with E-state index in [2.05, 4.69) is 4.90 Å². The topological polar surface area (TPSA) is 38.5 Å². The number of nitrogens with two attached hydrogens (primary N) is 1. The van der Waals surface area contributed by atoms with E-state index >= 15 is 0 Å². The van der Waals surface area contributed by atoms with Crippen molar-refractivity contribution in [2.75, 3.05) is 33.9 Å². The van der Waals surface area contributed by atoms with Gasteiger partial charge in [-0.25, -0.2) is 0 Å². The Labute approximate surface area is 102 Å². The average molecular weight is 243 g/mol. The highest BCUT2D eigenvalue weighted by Crippen LogP contribution is 2.20. The number of nitrogens with zero attached hydrogens (tertiary/aromatic N) is 1. The maximum Gasteiger partial charge on any atom is 0.0589 e. The van der Waals surface area contributed by atoms with Gasteiger partial charge < -0.3 is 10.5 Å². The minimum absolute atomic E-state index is 0.215. The van der Waals surface area contributed by atoms with Crippen molar-refractivity contribution in [3.63, 3.8) is 0 Å². The second-order valence-electron chi connectivity index (χ2n) is 3.78. The van der Waals surface area contributed by atoms with Crippen LogP contribution in [0.5, 0.6) is 0 Å². The third-order valence-corrected chi connectivity index (χ3v) is 2.91. The molecule has 16 heavy (non-hydrogen) atoms. The molecule has 1 aromatic carbocycles. The molecule has 4 heteroatoms. The maximum atomic E-state index is 5.86. The van der Waals surface area contributed by atoms with E-state index in [4.69, 9.17) is 22.1 Å². The van der Waals surface area contributed by atoms with Crippen LogP contribution in [0.2, 0.25) is 5.02 Å². The largest absolute Gasteiger partial charge is 0.383 e. The van der Waals surface area contributed by atoms with Crippen molar-refractivity contribution in [1.29, 1.82) is 0 Å². The molecule has 0 saturated carbocycles. The van der Waals surface area contributed by atoms with Gasteiger partial charge in [-0.3, -0.25) is 4.90 Å². The van der Waals surface area contributed by atoms with Gasteiger partial charge in [0.25, 0.3) is 0 Å². The van der Waals surface area contributed by atoms with E-state index in [1.54, 1.807) is 7.11 Å². The molecule has 0 fully saturated rings. The van der Waals surface area contributed by atoms with E-state index in [1.165, 1.54) is 5.56 Å². The Balaban J connectivity index is 2.69. The molecule has 2 N–H and O–H groups in total. The zero-order valence-corrected chi connectivity index (χ0v) is 10.6. The van der Waals surface area contributed by atoms with Gasteiger partial charge in [0, 0.05) is 31.3 Å². The van der Waals surface area contributed by atoms with Crippen LogP contribution < -0.4 is 5.73 Å². The molecule has 0 aromatic heterocycles. The Bertz CT molecular complexity index is 302. The molecule has 0 aliphatic rings. The lowest BCUT2D eigenvalue weighted by Gasteiger charge is -2.27. The van der Waals surface area contributed by atoms with Crippen LogP contribution >= 0.6 is 11.6 Å². The van der Waals surface area contributed by atoms with Gasteiger partial charge in [-0.15, -0.1) is 0 Å². The van der Waals surface area contributed by atoms with Crippen LogP contribution in [0.25, 0.3) is 0 Å². The number of halogens is 1. The highest BCUT2D eigenvalue weighted by molar-refractivity contribution is 6.30. The number of hydrogen-bond acceptors (Lipinski definition) is 3. The molecule has 0 amide bonds. The molecule has 0 unspecified atom stereocenters. The Hall–Kier alpha value is -0.610. The van der Waals surface area contributed by atoms with E-state index in [9.17, 15) is 0 Å². The van der Waals surface area contributed by atoms with Crippen LogP contribution in [0.3, 0.4) is 0 Å². The van der Waals surface area contributed by atoms with Crippen LogP contribution in [0, 0.1) is 0 Å². The number of ether oxygens (including phenoxy) is 1. The van der Waals surface area contributed by atoms with Crippen molar-refractivity contribution in [2.45, 2.75) is 6.04 Å². The fourth-order valence-electron chi connectivity index (χ4n) is 1.65. The number of benzene rings is 1. The van der Waals surface area contributed by atoms with Crippen LogP contribution in [0.4, 0.5) is 0 Å². The average Bonchev–Trinajstić information content (AvgIpc) is 2.30. The summed E-state index contributed by atoms with van der Waals surface area (Å²) in [4.78, 5) is 2.19. The molecule has 0 aliphatic carbocycles. The van der Waals surface area contributed by atoms with Crippen LogP contribution in [0.15, 0.2) is 24.3 Å². The normalized spacial score (nSPS) is 13.1. The molecule has 3 nitrogen and oxygen atoms in total. The van der Waals surface area contributed by atoms with Crippen LogP contribution in [0.1, 0.15) is 11.6 Å². The second-order valence-corrected chi connectivity index (χ2v) is 4.21. The lowest BCUT2D eigenvalue weighted by Crippen LogP contribution is -2.32. The SMILES string of the molecule is COCCN(C)[C@@H](CN)c1ccc(Cl)cc1. The molecule has 0 bridgehead atoms. The molecule has 1 atom stereocenters. The van der Waals surface area contributed by atoms with Gasteiger partial charge in [0.15, 0.2) is 0 Å². The molecular weight excluding hydrogens is 224 g/mol. The Morgan fingerprint density at radius 1 is 1.38 bits per heavy atom. The molecule has 0 aliphatic heterocycles. The number of likely N-dealkylation sites (N-methyl/N-ethyl adjacent to an activating group) is 1. The zero-order valence-electron chi connectivity index (χ0n) is 9.82. The summed E-state index contributed by atoms with van der Waals surface area (Å²) in [7, 11) is 3.75. The molecule has 0 radical (unpaired) electrons. The van der Waals surface area contributed by atoms with E-state index in [-0.39, 0.29) is 6.04 Å². The highest BCUT2D eigenvalue weighted by Gasteiger charge is 2.14. The van der Waals surface area contributed by atoms with Crippen molar-refractivity contribution in [1.82, 2.24) is 4.90 Å². The molecule has 0 spiro atoms. The van der Waals surface area contributed by atoms with E-state index in [0.29, 0.717) is 13.2 Å². The minimum atomic E-state index is 0.215. The van der Waals surface area contributed by atoms with Crippen molar-refractivity contribution in [3.8, 4) is 0 Å². The molecule has 1 rings (SSSR count). The predicted octanol–water partition coefficient (Wildman–Crippen LogP) is 1.92. The quantitative estimate of drug-likeness (QED) is 0.829. The van der Waals surface area contributed by atoms with Gasteiger partial charge in [0.1, 0.15) is 0 Å².